The Labute approximate surface area is 177 Å². The highest BCUT2D eigenvalue weighted by Gasteiger charge is 2.23. The van der Waals surface area contributed by atoms with Crippen LogP contribution >= 0.6 is 11.3 Å². The number of hydrogen-bond acceptors (Lipinski definition) is 3. The van der Waals surface area contributed by atoms with E-state index in [4.69, 9.17) is 0 Å². The van der Waals surface area contributed by atoms with Gasteiger partial charge in [-0.3, -0.25) is 0 Å². The third-order valence-electron chi connectivity index (χ3n) is 5.71. The van der Waals surface area contributed by atoms with Crippen LogP contribution in [-0.2, 0) is 19.5 Å². The van der Waals surface area contributed by atoms with Gasteiger partial charge in [-0.15, -0.1) is 11.3 Å². The number of aromatic nitrogens is 1. The lowest BCUT2D eigenvalue weighted by atomic mass is 9.99. The predicted octanol–water partition coefficient (Wildman–Crippen LogP) is 5.17. The molecule has 0 atom stereocenters. The predicted molar refractivity (Wildman–Crippen MR) is 120 cm³/mol. The first-order valence-corrected chi connectivity index (χ1v) is 10.9. The van der Waals surface area contributed by atoms with Crippen molar-refractivity contribution in [2.24, 2.45) is 0 Å². The van der Waals surface area contributed by atoms with Gasteiger partial charge in [0.05, 0.1) is 5.56 Å². The van der Waals surface area contributed by atoms with Crippen LogP contribution in [0.4, 0.5) is 0 Å². The molecule has 154 valence electrons. The van der Waals surface area contributed by atoms with Gasteiger partial charge in [0.1, 0.15) is 0 Å². The first-order valence-electron chi connectivity index (χ1n) is 10.0. The lowest BCUT2D eigenvalue weighted by molar-refractivity contribution is 0.0694. The maximum absolute atomic E-state index is 12.0. The van der Waals surface area contributed by atoms with Crippen molar-refractivity contribution in [1.82, 2.24) is 9.88 Å². The average Bonchev–Trinajstić information content (AvgIpc) is 3.23. The van der Waals surface area contributed by atoms with Crippen LogP contribution < -0.4 is 5.32 Å². The highest BCUT2D eigenvalue weighted by atomic mass is 32.1. The molecule has 3 aromatic rings. The number of aromatic carboxylic acids is 1. The maximum Gasteiger partial charge on any atom is 0.337 e. The van der Waals surface area contributed by atoms with E-state index < -0.39 is 5.97 Å². The Bertz CT molecular complexity index is 993. The number of benzene rings is 1. The fourth-order valence-electron chi connectivity index (χ4n) is 4.18. The van der Waals surface area contributed by atoms with Crippen molar-refractivity contribution in [2.45, 2.75) is 54.1 Å². The van der Waals surface area contributed by atoms with E-state index in [1.165, 1.54) is 27.1 Å². The summed E-state index contributed by atoms with van der Waals surface area (Å²) in [6.07, 6.45) is 0.959. The monoisotopic (exact) mass is 410 g/mol. The summed E-state index contributed by atoms with van der Waals surface area (Å²) in [6.45, 7) is 12.4. The van der Waals surface area contributed by atoms with Crippen LogP contribution in [0.1, 0.15) is 54.4 Å². The van der Waals surface area contributed by atoms with Gasteiger partial charge in [0.15, 0.2) is 0 Å². The zero-order valence-electron chi connectivity index (χ0n) is 17.9. The van der Waals surface area contributed by atoms with Gasteiger partial charge in [0, 0.05) is 41.5 Å². The van der Waals surface area contributed by atoms with Gasteiger partial charge >= 0.3 is 5.97 Å². The summed E-state index contributed by atoms with van der Waals surface area (Å²) in [6, 6.07) is 8.58. The minimum Gasteiger partial charge on any atom is -0.478 e. The van der Waals surface area contributed by atoms with Crippen LogP contribution in [0.15, 0.2) is 29.6 Å². The van der Waals surface area contributed by atoms with Crippen molar-refractivity contribution < 1.29 is 9.90 Å². The molecule has 0 fully saturated rings. The first kappa shape index (κ1) is 21.3. The largest absolute Gasteiger partial charge is 0.478 e. The number of carboxylic acids is 1. The summed E-state index contributed by atoms with van der Waals surface area (Å²) in [4.78, 5) is 13.4. The number of nitrogens with zero attached hydrogens (tertiary/aromatic N) is 1. The third kappa shape index (κ3) is 4.62. The number of carbonyl (C=O) groups is 1. The third-order valence-corrected chi connectivity index (χ3v) is 6.65. The molecule has 0 aliphatic carbocycles. The van der Waals surface area contributed by atoms with E-state index in [2.05, 4.69) is 60.3 Å². The van der Waals surface area contributed by atoms with Crippen LogP contribution in [0, 0.1) is 34.6 Å². The number of hydrogen-bond donors (Lipinski definition) is 2. The molecule has 0 amide bonds. The summed E-state index contributed by atoms with van der Waals surface area (Å²) in [5.74, 6) is -0.850. The molecule has 0 aliphatic heterocycles. The summed E-state index contributed by atoms with van der Waals surface area (Å²) in [7, 11) is 0. The first-order chi connectivity index (χ1) is 13.8. The number of aryl methyl sites for hydroxylation is 3. The van der Waals surface area contributed by atoms with E-state index in [1.807, 2.05) is 13.8 Å². The highest BCUT2D eigenvalue weighted by molar-refractivity contribution is 7.09. The molecule has 0 saturated heterocycles. The van der Waals surface area contributed by atoms with E-state index in [1.54, 1.807) is 11.3 Å². The molecular weight excluding hydrogens is 380 g/mol. The molecule has 4 nitrogen and oxygen atoms in total. The van der Waals surface area contributed by atoms with Crippen molar-refractivity contribution in [3.8, 4) is 0 Å². The van der Waals surface area contributed by atoms with E-state index in [-0.39, 0.29) is 0 Å². The normalized spacial score (nSPS) is 11.2. The fourth-order valence-corrected chi connectivity index (χ4v) is 4.89. The van der Waals surface area contributed by atoms with Crippen LogP contribution in [-0.4, -0.2) is 22.2 Å². The summed E-state index contributed by atoms with van der Waals surface area (Å²) < 4.78 is 2.16. The number of rotatable bonds is 8. The van der Waals surface area contributed by atoms with E-state index >= 15 is 0 Å². The lowest BCUT2D eigenvalue weighted by Crippen LogP contribution is -2.18. The van der Waals surface area contributed by atoms with Crippen LogP contribution in [0.5, 0.6) is 0 Å². The molecule has 2 heterocycles. The van der Waals surface area contributed by atoms with E-state index in [0.717, 1.165) is 29.9 Å². The summed E-state index contributed by atoms with van der Waals surface area (Å²) in [5, 5.41) is 15.4. The topological polar surface area (TPSA) is 54.3 Å². The van der Waals surface area contributed by atoms with Crippen molar-refractivity contribution in [2.75, 3.05) is 6.54 Å². The molecule has 1 aromatic carbocycles. The lowest BCUT2D eigenvalue weighted by Gasteiger charge is -2.15. The quantitative estimate of drug-likeness (QED) is 0.504. The molecule has 0 bridgehead atoms. The van der Waals surface area contributed by atoms with Gasteiger partial charge in [0.2, 0.25) is 0 Å². The Kier molecular flexibility index (Phi) is 6.60. The molecule has 3 rings (SSSR count). The van der Waals surface area contributed by atoms with Gasteiger partial charge in [0.25, 0.3) is 0 Å². The van der Waals surface area contributed by atoms with E-state index in [0.29, 0.717) is 18.7 Å². The summed E-state index contributed by atoms with van der Waals surface area (Å²) in [5.41, 5.74) is 8.21. The fraction of sp³-hybridized carbons (Fsp3) is 0.375. The Hall–Kier alpha value is -2.37. The van der Waals surface area contributed by atoms with Gasteiger partial charge in [-0.1, -0.05) is 23.8 Å². The molecular formula is C24H30N2O2S. The van der Waals surface area contributed by atoms with Crippen LogP contribution in [0.3, 0.4) is 0 Å². The van der Waals surface area contributed by atoms with E-state index in [9.17, 15) is 9.90 Å². The molecule has 0 radical (unpaired) electrons. The Morgan fingerprint density at radius 1 is 1.07 bits per heavy atom. The van der Waals surface area contributed by atoms with Gasteiger partial charge in [-0.2, -0.15) is 0 Å². The van der Waals surface area contributed by atoms with Crippen LogP contribution in [0.2, 0.25) is 0 Å². The minimum atomic E-state index is -0.850. The standard InChI is InChI=1S/C24H30N2O2S/c1-15-11-16(2)22(17(3)12-15)14-26-18(4)21(23(19(26)5)24(27)28)13-25-9-8-20-7-6-10-29-20/h6-7,10-12,25H,8-9,13-14H2,1-5H3,(H,27,28). The molecule has 0 unspecified atom stereocenters. The zero-order valence-corrected chi connectivity index (χ0v) is 18.7. The number of thiophene rings is 1. The molecule has 2 N–H and O–H groups in total. The number of nitrogens with one attached hydrogen (secondary N) is 1. The smallest absolute Gasteiger partial charge is 0.337 e. The molecule has 0 spiro atoms. The molecule has 2 aromatic heterocycles. The Morgan fingerprint density at radius 2 is 1.76 bits per heavy atom. The molecule has 0 saturated carbocycles. The second kappa shape index (κ2) is 8.97. The molecule has 0 aliphatic rings. The van der Waals surface area contributed by atoms with Crippen molar-refractivity contribution in [1.29, 1.82) is 0 Å². The molecule has 29 heavy (non-hydrogen) atoms. The zero-order chi connectivity index (χ0) is 21.1. The Morgan fingerprint density at radius 3 is 2.34 bits per heavy atom. The number of carboxylic acid groups (broad SMARTS) is 1. The van der Waals surface area contributed by atoms with Crippen molar-refractivity contribution in [3.63, 3.8) is 0 Å². The van der Waals surface area contributed by atoms with Gasteiger partial charge < -0.3 is 15.0 Å². The maximum atomic E-state index is 12.0. The van der Waals surface area contributed by atoms with Gasteiger partial charge in [-0.05, 0) is 69.2 Å². The Balaban J connectivity index is 1.85. The SMILES string of the molecule is Cc1cc(C)c(Cn2c(C)c(CNCCc3cccs3)c(C(=O)O)c2C)c(C)c1. The second-order valence-corrected chi connectivity index (χ2v) is 8.83. The second-order valence-electron chi connectivity index (χ2n) is 7.80. The van der Waals surface area contributed by atoms with Gasteiger partial charge in [-0.25, -0.2) is 4.79 Å². The van der Waals surface area contributed by atoms with Crippen molar-refractivity contribution >= 4 is 17.3 Å². The highest BCUT2D eigenvalue weighted by Crippen LogP contribution is 2.26. The minimum absolute atomic E-state index is 0.438. The van der Waals surface area contributed by atoms with Crippen LogP contribution in [0.25, 0.3) is 0 Å². The molecule has 5 heteroatoms. The average molecular weight is 411 g/mol. The van der Waals surface area contributed by atoms with Crippen molar-refractivity contribution in [3.05, 3.63) is 79.3 Å². The summed E-state index contributed by atoms with van der Waals surface area (Å²) >= 11 is 1.75.